The molecule has 1 saturated heterocycles. The highest BCUT2D eigenvalue weighted by Gasteiger charge is 2.46. The first kappa shape index (κ1) is 86.3. The maximum atomic E-state index is 14.6. The fourth-order valence-electron chi connectivity index (χ4n) is 10.6. The molecule has 1 aliphatic rings. The van der Waals surface area contributed by atoms with E-state index < -0.39 is 179 Å². The van der Waals surface area contributed by atoms with Gasteiger partial charge in [-0.3, -0.25) is 67.1 Å². The summed E-state index contributed by atoms with van der Waals surface area (Å²) in [6.07, 6.45) is 5.26. The highest BCUT2D eigenvalue weighted by molar-refractivity contribution is 6.01. The van der Waals surface area contributed by atoms with Gasteiger partial charge in [0.05, 0.1) is 18.8 Å². The number of nitrogens with two attached hydrogens (primary N) is 3. The van der Waals surface area contributed by atoms with Crippen LogP contribution in [0.5, 0.6) is 0 Å². The number of allylic oxidation sites excluding steroid dienone is 2. The number of aliphatic hydroxyl groups is 2. The fraction of sp³-hybridized carbons (Fsp3) is 0.758. The topological polar surface area (TPSA) is 481 Å². The first-order valence-electron chi connectivity index (χ1n) is 33.7. The van der Waals surface area contributed by atoms with Crippen LogP contribution in [0.1, 0.15) is 219 Å². The third-order valence-electron chi connectivity index (χ3n) is 16.7. The Hall–Kier alpha value is -7.76. The Bertz CT molecular complexity index is 2720. The summed E-state index contributed by atoms with van der Waals surface area (Å²) in [6, 6.07) is -9.45. The van der Waals surface area contributed by atoms with Crippen LogP contribution in [0.25, 0.3) is 0 Å². The second-order valence-electron chi connectivity index (χ2n) is 28.0. The summed E-state index contributed by atoms with van der Waals surface area (Å²) in [5.41, 5.74) is 9.19. The highest BCUT2D eigenvalue weighted by Crippen LogP contribution is 2.24. The molecule has 0 spiro atoms. The maximum Gasteiger partial charge on any atom is 0.248 e. The first-order valence-corrected chi connectivity index (χ1v) is 33.7. The van der Waals surface area contributed by atoms with Crippen molar-refractivity contribution in [2.45, 2.75) is 290 Å². The van der Waals surface area contributed by atoms with Crippen molar-refractivity contribution in [3.05, 3.63) is 12.2 Å². The number of nitrogens with one attached hydrogen (secondary N) is 10. The lowest BCUT2D eigenvalue weighted by molar-refractivity contribution is -0.146. The lowest BCUT2D eigenvalue weighted by Crippen LogP contribution is -2.66. The summed E-state index contributed by atoms with van der Waals surface area (Å²) in [5, 5.41) is 47.7. The van der Waals surface area contributed by atoms with E-state index in [1.54, 1.807) is 39.8 Å². The molecule has 0 radical (unpaired) electrons. The van der Waals surface area contributed by atoms with Crippen molar-refractivity contribution in [2.24, 2.45) is 35.0 Å². The van der Waals surface area contributed by atoms with Crippen LogP contribution >= 0.6 is 0 Å². The zero-order valence-corrected chi connectivity index (χ0v) is 59.4. The lowest BCUT2D eigenvalue weighted by atomic mass is 9.91. The van der Waals surface area contributed by atoms with Crippen LogP contribution in [-0.4, -0.2) is 182 Å². The van der Waals surface area contributed by atoms with Crippen molar-refractivity contribution in [1.29, 1.82) is 0 Å². The minimum atomic E-state index is -1.95. The number of carbonyl (C=O) groups excluding carboxylic acids is 14. The number of nitrogens with zero attached hydrogens (tertiary/aromatic N) is 1. The number of carbonyl (C=O) groups is 14. The minimum Gasteiger partial charge on any atom is -0.394 e. The van der Waals surface area contributed by atoms with Crippen LogP contribution in [0.2, 0.25) is 0 Å². The van der Waals surface area contributed by atoms with Crippen LogP contribution in [0, 0.1) is 17.8 Å². The van der Waals surface area contributed by atoms with E-state index in [4.69, 9.17) is 17.2 Å². The molecule has 30 nitrogen and oxygen atoms in total. The van der Waals surface area contributed by atoms with Gasteiger partial charge in [0.25, 0.3) is 0 Å². The SMILES string of the molecule is C/C=C/C[C@@H](C)[C@@H](O)[C@H](NC(=O)[C@@H]1CCCN1C(=O)C(C)(C)NC(=O)CCCCCCC)C(=O)N[C@](C)(CC)C(=O)N[C@@H](CCC(N)=O)C(=O)N[C@@H](CCC(N)=O)C(=O)NC(C)(C)C(=O)NC(C)(C)C(=O)N[C@@H](CCC(N)=O)C(=O)N[C@@H](CC(C)C)C(=O)N[C@H](CO)CC(C)C. The number of aliphatic hydroxyl groups excluding tert-OH is 2. The molecule has 0 saturated carbocycles. The van der Waals surface area contributed by atoms with Crippen LogP contribution in [0.3, 0.4) is 0 Å². The molecule has 30 heteroatoms. The Kier molecular flexibility index (Phi) is 36.6. The van der Waals surface area contributed by atoms with Gasteiger partial charge >= 0.3 is 0 Å². The van der Waals surface area contributed by atoms with Gasteiger partial charge in [-0.2, -0.15) is 0 Å². The number of likely N-dealkylation sites (tertiary alicyclic amines) is 1. The van der Waals surface area contributed by atoms with E-state index in [0.29, 0.717) is 19.3 Å². The third-order valence-corrected chi connectivity index (χ3v) is 16.7. The Balaban J connectivity index is 3.54. The van der Waals surface area contributed by atoms with E-state index in [1.165, 1.54) is 46.4 Å². The van der Waals surface area contributed by atoms with Crippen LogP contribution in [0.15, 0.2) is 12.2 Å². The molecular formula is C66H116N14O16. The first-order chi connectivity index (χ1) is 44.5. The molecule has 0 aliphatic carbocycles. The number of hydrogen-bond acceptors (Lipinski definition) is 16. The van der Waals surface area contributed by atoms with E-state index in [-0.39, 0.29) is 75.8 Å². The van der Waals surface area contributed by atoms with Crippen molar-refractivity contribution < 1.29 is 77.3 Å². The van der Waals surface area contributed by atoms with Gasteiger partial charge in [0.15, 0.2) is 0 Å². The maximum absolute atomic E-state index is 14.6. The van der Waals surface area contributed by atoms with Gasteiger partial charge in [-0.25, -0.2) is 0 Å². The zero-order chi connectivity index (χ0) is 73.6. The minimum absolute atomic E-state index is 0.113. The van der Waals surface area contributed by atoms with Crippen LogP contribution < -0.4 is 70.4 Å². The molecular weight excluding hydrogens is 1240 g/mol. The predicted octanol–water partition coefficient (Wildman–Crippen LogP) is 0.0602. The Morgan fingerprint density at radius 3 is 1.52 bits per heavy atom. The van der Waals surface area contributed by atoms with Crippen molar-refractivity contribution in [1.82, 2.24) is 58.1 Å². The summed E-state index contributed by atoms with van der Waals surface area (Å²) in [7, 11) is 0. The molecule has 0 bridgehead atoms. The Labute approximate surface area is 566 Å². The number of rotatable bonds is 45. The molecule has 0 aromatic rings. The van der Waals surface area contributed by atoms with Gasteiger partial charge in [-0.15, -0.1) is 0 Å². The third kappa shape index (κ3) is 29.7. The molecule has 10 atom stereocenters. The molecule has 0 aromatic carbocycles. The summed E-state index contributed by atoms with van der Waals surface area (Å²) >= 11 is 0. The van der Waals surface area contributed by atoms with E-state index in [9.17, 15) is 77.3 Å². The van der Waals surface area contributed by atoms with Gasteiger partial charge in [0, 0.05) is 32.2 Å². The predicted molar refractivity (Wildman–Crippen MR) is 359 cm³/mol. The van der Waals surface area contributed by atoms with Crippen molar-refractivity contribution in [3.8, 4) is 0 Å². The molecule has 14 amide bonds. The molecule has 18 N–H and O–H groups in total. The number of primary amides is 3. The van der Waals surface area contributed by atoms with Gasteiger partial charge in [0.1, 0.15) is 58.4 Å². The Morgan fingerprint density at radius 2 is 1.03 bits per heavy atom. The molecule has 546 valence electrons. The smallest absolute Gasteiger partial charge is 0.248 e. The fourth-order valence-corrected chi connectivity index (χ4v) is 10.6. The number of unbranched alkanes of at least 4 members (excludes halogenated alkanes) is 4. The molecule has 1 heterocycles. The monoisotopic (exact) mass is 1360 g/mol. The normalized spacial score (nSPS) is 16.6. The van der Waals surface area contributed by atoms with Gasteiger partial charge in [0.2, 0.25) is 82.7 Å². The van der Waals surface area contributed by atoms with E-state index in [2.05, 4.69) is 60.1 Å². The van der Waals surface area contributed by atoms with Gasteiger partial charge in [-0.05, 0) is 137 Å². The average molecular weight is 1360 g/mol. The molecule has 0 aromatic heterocycles. The van der Waals surface area contributed by atoms with Crippen molar-refractivity contribution in [3.63, 3.8) is 0 Å². The van der Waals surface area contributed by atoms with E-state index >= 15 is 0 Å². The molecule has 1 aliphatic heterocycles. The molecule has 0 unspecified atom stereocenters. The summed E-state index contributed by atoms with van der Waals surface area (Å²) in [5.74, 6) is -12.6. The standard InChI is InChI=1S/C66H116N14O16/c1-16-19-21-22-23-27-50(85)76-65(13,14)62(96)80-34-24-26-46(80)57(91)75-51(52(86)40(8)25-20-17-2)58(92)78-66(15,18-3)61(95)74-43(29-32-48(68)83)53(87)71-44(30-33-49(69)84)56(90)77-64(11,12)60(94)79-63(9,10)59(93)73-42(28-31-47(67)82)54(88)72-45(36-39(6)7)55(89)70-41(37-81)35-38(4)5/h17,20,38-46,51-52,81,86H,16,18-19,21-37H2,1-15H3,(H2,67,82)(H2,68,83)(H2,69,84)(H,70,89)(H,71,87)(H,72,88)(H,73,93)(H,74,95)(H,75,91)(H,76,85)(H,77,90)(H,78,92)(H,79,94)/b20-17+/t40-,41+,42+,43+,44+,45+,46+,51+,52-,66-/m1/s1. The van der Waals surface area contributed by atoms with Gasteiger partial charge < -0.3 is 85.5 Å². The average Bonchev–Trinajstić information content (AvgIpc) is 1.43. The second kappa shape index (κ2) is 40.7. The quantitative estimate of drug-likeness (QED) is 0.0283. The largest absolute Gasteiger partial charge is 0.394 e. The van der Waals surface area contributed by atoms with Crippen LogP contribution in [-0.2, 0) is 67.1 Å². The zero-order valence-electron chi connectivity index (χ0n) is 59.4. The number of amides is 14. The van der Waals surface area contributed by atoms with E-state index in [1.807, 2.05) is 27.7 Å². The van der Waals surface area contributed by atoms with Gasteiger partial charge in [-0.1, -0.05) is 86.3 Å². The van der Waals surface area contributed by atoms with Crippen molar-refractivity contribution in [2.75, 3.05) is 13.2 Å². The van der Waals surface area contributed by atoms with Crippen molar-refractivity contribution >= 4 is 82.7 Å². The second-order valence-corrected chi connectivity index (χ2v) is 28.0. The molecule has 96 heavy (non-hydrogen) atoms. The summed E-state index contributed by atoms with van der Waals surface area (Å²) in [4.78, 5) is 192. The number of hydrogen-bond donors (Lipinski definition) is 15. The van der Waals surface area contributed by atoms with Crippen LogP contribution in [0.4, 0.5) is 0 Å². The highest BCUT2D eigenvalue weighted by atomic mass is 16.3. The molecule has 1 fully saturated rings. The van der Waals surface area contributed by atoms with E-state index in [0.717, 1.165) is 25.7 Å². The summed E-state index contributed by atoms with van der Waals surface area (Å²) < 4.78 is 0. The molecule has 1 rings (SSSR count). The lowest BCUT2D eigenvalue weighted by Gasteiger charge is -2.36. The Morgan fingerprint density at radius 1 is 0.542 bits per heavy atom. The summed E-state index contributed by atoms with van der Waals surface area (Å²) in [6.45, 7) is 23.6.